The number of piperazine rings is 1. The number of esters is 1. The molecular weight excluding hydrogens is 456 g/mol. The van der Waals surface area contributed by atoms with E-state index >= 15 is 0 Å². The number of methoxy groups -OCH3 is 2. The van der Waals surface area contributed by atoms with Gasteiger partial charge in [0, 0.05) is 38.8 Å². The lowest BCUT2D eigenvalue weighted by molar-refractivity contribution is 0.0601. The minimum Gasteiger partial charge on any atom is -0.497 e. The number of hydrogen-bond donors (Lipinski definition) is 0. The van der Waals surface area contributed by atoms with Crippen molar-refractivity contribution in [2.45, 2.75) is 6.54 Å². The Kier molecular flexibility index (Phi) is 6.69. The number of fused-ring (bicyclic) bond motifs is 1. The highest BCUT2D eigenvalue weighted by molar-refractivity contribution is 5.94. The van der Waals surface area contributed by atoms with Crippen molar-refractivity contribution >= 4 is 22.8 Å². The normalized spacial score (nSPS) is 14.1. The van der Waals surface area contributed by atoms with Gasteiger partial charge in [-0.15, -0.1) is 0 Å². The maximum atomic E-state index is 13.8. The van der Waals surface area contributed by atoms with E-state index in [0.717, 1.165) is 19.6 Å². The average Bonchev–Trinajstić information content (AvgIpc) is 2.93. The minimum atomic E-state index is -0.466. The third kappa shape index (κ3) is 4.67. The number of rotatable bonds is 6. The van der Waals surface area contributed by atoms with Crippen molar-refractivity contribution in [1.29, 1.82) is 0 Å². The molecule has 1 aliphatic rings. The Labute approximate surface area is 209 Å². The summed E-state index contributed by atoms with van der Waals surface area (Å²) in [6.45, 7) is 3.98. The lowest BCUT2D eigenvalue weighted by Crippen LogP contribution is -2.47. The molecule has 0 saturated carbocycles. The molecule has 0 unspecified atom stereocenters. The zero-order valence-corrected chi connectivity index (χ0v) is 20.4. The van der Waals surface area contributed by atoms with Gasteiger partial charge >= 0.3 is 5.97 Å². The summed E-state index contributed by atoms with van der Waals surface area (Å²) >= 11 is 0. The second-order valence-electron chi connectivity index (χ2n) is 8.73. The molecular formula is C28H28N4O4. The van der Waals surface area contributed by atoms with Crippen molar-refractivity contribution in [3.8, 4) is 11.4 Å². The Morgan fingerprint density at radius 3 is 2.42 bits per heavy atom. The average molecular weight is 485 g/mol. The number of hydrogen-bond acceptors (Lipinski definition) is 7. The monoisotopic (exact) mass is 484 g/mol. The zero-order valence-electron chi connectivity index (χ0n) is 20.4. The van der Waals surface area contributed by atoms with Gasteiger partial charge in [0.1, 0.15) is 5.75 Å². The number of aromatic nitrogens is 2. The van der Waals surface area contributed by atoms with Gasteiger partial charge in [-0.05, 0) is 35.9 Å². The predicted molar refractivity (Wildman–Crippen MR) is 139 cm³/mol. The van der Waals surface area contributed by atoms with Crippen LogP contribution in [0.2, 0.25) is 0 Å². The summed E-state index contributed by atoms with van der Waals surface area (Å²) in [5, 5.41) is 0.428. The van der Waals surface area contributed by atoms with E-state index in [1.807, 2.05) is 30.3 Å². The largest absolute Gasteiger partial charge is 0.497 e. The van der Waals surface area contributed by atoms with E-state index < -0.39 is 5.97 Å². The van der Waals surface area contributed by atoms with Crippen LogP contribution in [-0.2, 0) is 11.3 Å². The van der Waals surface area contributed by atoms with Crippen molar-refractivity contribution in [3.63, 3.8) is 0 Å². The summed E-state index contributed by atoms with van der Waals surface area (Å²) < 4.78 is 11.9. The third-order valence-electron chi connectivity index (χ3n) is 6.49. The summed E-state index contributed by atoms with van der Waals surface area (Å²) in [6.07, 6.45) is 0. The van der Waals surface area contributed by atoms with Crippen LogP contribution in [0.25, 0.3) is 16.6 Å². The summed E-state index contributed by atoms with van der Waals surface area (Å²) in [4.78, 5) is 35.3. The van der Waals surface area contributed by atoms with E-state index in [1.54, 1.807) is 29.9 Å². The Morgan fingerprint density at radius 1 is 0.917 bits per heavy atom. The topological polar surface area (TPSA) is 76.9 Å². The van der Waals surface area contributed by atoms with Crippen molar-refractivity contribution < 1.29 is 14.3 Å². The second kappa shape index (κ2) is 10.2. The summed E-state index contributed by atoms with van der Waals surface area (Å²) in [5.74, 6) is 0.730. The molecule has 36 heavy (non-hydrogen) atoms. The molecule has 2 heterocycles. The molecule has 1 aromatic heterocycles. The molecule has 5 rings (SSSR count). The van der Waals surface area contributed by atoms with E-state index in [9.17, 15) is 9.59 Å². The zero-order chi connectivity index (χ0) is 25.1. The number of anilines is 1. The van der Waals surface area contributed by atoms with Crippen LogP contribution in [-0.4, -0.2) is 60.8 Å². The first-order chi connectivity index (χ1) is 17.6. The van der Waals surface area contributed by atoms with Crippen molar-refractivity contribution in [2.75, 3.05) is 45.3 Å². The molecule has 0 radical (unpaired) electrons. The Balaban J connectivity index is 1.55. The van der Waals surface area contributed by atoms with Crippen LogP contribution in [0.4, 0.5) is 5.95 Å². The van der Waals surface area contributed by atoms with Crippen LogP contribution in [0.15, 0.2) is 77.6 Å². The molecule has 0 atom stereocenters. The Hall–Kier alpha value is -4.17. The van der Waals surface area contributed by atoms with Gasteiger partial charge in [0.2, 0.25) is 5.95 Å². The van der Waals surface area contributed by atoms with Gasteiger partial charge in [-0.25, -0.2) is 14.3 Å². The fourth-order valence-electron chi connectivity index (χ4n) is 4.56. The number of nitrogens with zero attached hydrogens (tertiary/aromatic N) is 4. The predicted octanol–water partition coefficient (Wildman–Crippen LogP) is 3.50. The fourth-order valence-corrected chi connectivity index (χ4v) is 4.56. The Bertz CT molecular complexity index is 1440. The molecule has 3 aromatic carbocycles. The summed E-state index contributed by atoms with van der Waals surface area (Å²) in [6, 6.07) is 22.6. The molecule has 184 valence electrons. The molecule has 4 aromatic rings. The van der Waals surface area contributed by atoms with E-state index in [1.165, 1.54) is 12.7 Å². The number of carbonyl (C=O) groups excluding carboxylic acids is 1. The van der Waals surface area contributed by atoms with E-state index in [2.05, 4.69) is 34.1 Å². The van der Waals surface area contributed by atoms with Crippen LogP contribution < -0.4 is 15.2 Å². The van der Waals surface area contributed by atoms with Crippen LogP contribution in [0.5, 0.6) is 5.75 Å². The molecule has 0 bridgehead atoms. The lowest BCUT2D eigenvalue weighted by atomic mass is 10.1. The minimum absolute atomic E-state index is 0.202. The van der Waals surface area contributed by atoms with Crippen LogP contribution in [0.3, 0.4) is 0 Å². The van der Waals surface area contributed by atoms with Crippen LogP contribution >= 0.6 is 0 Å². The lowest BCUT2D eigenvalue weighted by Gasteiger charge is -2.36. The molecule has 8 heteroatoms. The molecule has 0 N–H and O–H groups in total. The first kappa shape index (κ1) is 23.6. The SMILES string of the molecule is COC(=O)c1ccc2c(=O)n(-c3cccc(OC)c3)c(N3CCN(Cc4ccccc4)CC3)nc2c1. The number of ether oxygens (including phenoxy) is 2. The van der Waals surface area contributed by atoms with Crippen LogP contribution in [0, 0.1) is 0 Å². The summed E-state index contributed by atoms with van der Waals surface area (Å²) in [7, 11) is 2.93. The maximum Gasteiger partial charge on any atom is 0.337 e. The van der Waals surface area contributed by atoms with Crippen molar-refractivity contribution in [3.05, 3.63) is 94.3 Å². The quantitative estimate of drug-likeness (QED) is 0.388. The molecule has 8 nitrogen and oxygen atoms in total. The first-order valence-electron chi connectivity index (χ1n) is 11.9. The third-order valence-corrected chi connectivity index (χ3v) is 6.49. The first-order valence-corrected chi connectivity index (χ1v) is 11.9. The maximum absolute atomic E-state index is 13.8. The molecule has 1 saturated heterocycles. The number of carbonyl (C=O) groups is 1. The highest BCUT2D eigenvalue weighted by Crippen LogP contribution is 2.24. The van der Waals surface area contributed by atoms with Gasteiger partial charge < -0.3 is 14.4 Å². The molecule has 0 aliphatic carbocycles. The van der Waals surface area contributed by atoms with Gasteiger partial charge in [-0.1, -0.05) is 36.4 Å². The molecule has 1 aliphatic heterocycles. The molecule has 0 amide bonds. The van der Waals surface area contributed by atoms with Gasteiger partial charge in [0.25, 0.3) is 5.56 Å². The smallest absolute Gasteiger partial charge is 0.337 e. The number of benzene rings is 3. The standard InChI is InChI=1S/C28H28N4O4/c1-35-23-10-6-9-22(18-23)32-26(33)24-12-11-21(27(34)36-2)17-25(24)29-28(32)31-15-13-30(14-16-31)19-20-7-4-3-5-8-20/h3-12,17-18H,13-16,19H2,1-2H3. The second-order valence-corrected chi connectivity index (χ2v) is 8.73. The highest BCUT2D eigenvalue weighted by Gasteiger charge is 2.24. The van der Waals surface area contributed by atoms with Crippen molar-refractivity contribution in [2.24, 2.45) is 0 Å². The van der Waals surface area contributed by atoms with Gasteiger partial charge in [-0.3, -0.25) is 9.69 Å². The van der Waals surface area contributed by atoms with Gasteiger partial charge in [0.05, 0.1) is 36.4 Å². The van der Waals surface area contributed by atoms with E-state index in [4.69, 9.17) is 14.5 Å². The van der Waals surface area contributed by atoms with Gasteiger partial charge in [-0.2, -0.15) is 0 Å². The highest BCUT2D eigenvalue weighted by atomic mass is 16.5. The van der Waals surface area contributed by atoms with E-state index in [-0.39, 0.29) is 5.56 Å². The van der Waals surface area contributed by atoms with Crippen molar-refractivity contribution in [1.82, 2.24) is 14.5 Å². The van der Waals surface area contributed by atoms with E-state index in [0.29, 0.717) is 46.9 Å². The summed E-state index contributed by atoms with van der Waals surface area (Å²) in [5.41, 5.74) is 2.57. The molecule has 0 spiro atoms. The van der Waals surface area contributed by atoms with Gasteiger partial charge in [0.15, 0.2) is 0 Å². The molecule has 1 fully saturated rings. The van der Waals surface area contributed by atoms with Crippen LogP contribution in [0.1, 0.15) is 15.9 Å². The Morgan fingerprint density at radius 2 is 1.69 bits per heavy atom. The fraction of sp³-hybridized carbons (Fsp3) is 0.250.